The minimum Gasteiger partial charge on any atom is -0.309 e. The van der Waals surface area contributed by atoms with Crippen LogP contribution >= 0.6 is 11.8 Å². The molecule has 2 aromatic heterocycles. The molecule has 22 heavy (non-hydrogen) atoms. The van der Waals surface area contributed by atoms with Crippen molar-refractivity contribution in [3.05, 3.63) is 33.5 Å². The molecule has 0 aliphatic carbocycles. The van der Waals surface area contributed by atoms with Crippen LogP contribution < -0.4 is 11.2 Å². The van der Waals surface area contributed by atoms with Gasteiger partial charge in [0.05, 0.1) is 5.25 Å². The number of fused-ring (bicyclic) bond motifs is 1. The fraction of sp³-hybridized carbons (Fsp3) is 0.429. The number of hydrogen-bond acceptors (Lipinski definition) is 5. The maximum atomic E-state index is 12.4. The summed E-state index contributed by atoms with van der Waals surface area (Å²) in [5, 5.41) is 0.233. The van der Waals surface area contributed by atoms with Gasteiger partial charge in [-0.05, 0) is 13.8 Å². The summed E-state index contributed by atoms with van der Waals surface area (Å²) < 4.78 is 4.07. The molecule has 2 rings (SSSR count). The van der Waals surface area contributed by atoms with Crippen molar-refractivity contribution in [3.8, 4) is 0 Å². The zero-order valence-electron chi connectivity index (χ0n) is 13.0. The number of Topliss-reactive ketones (excluding diaryl/α,β-unsaturated/α-hetero) is 1. The van der Waals surface area contributed by atoms with Gasteiger partial charge in [0.15, 0.2) is 16.3 Å². The number of rotatable bonds is 5. The first-order valence-corrected chi connectivity index (χ1v) is 7.61. The lowest BCUT2D eigenvalue weighted by Crippen LogP contribution is -2.37. The molecule has 0 N–H and O–H groups in total. The molecule has 0 amide bonds. The van der Waals surface area contributed by atoms with Crippen LogP contribution in [0.25, 0.3) is 11.2 Å². The van der Waals surface area contributed by atoms with Crippen molar-refractivity contribution in [3.63, 3.8) is 0 Å². The predicted octanol–water partition coefficient (Wildman–Crippen LogP) is 0.689. The summed E-state index contributed by atoms with van der Waals surface area (Å²) in [6.07, 6.45) is 1.65. The second kappa shape index (κ2) is 5.96. The SMILES string of the molecule is C=CCn1c(S[C@@H](C)C(C)=O)nc2c1c(=O)n(C)c(=O)n2C. The Morgan fingerprint density at radius 2 is 2.00 bits per heavy atom. The maximum Gasteiger partial charge on any atom is 0.332 e. The van der Waals surface area contributed by atoms with Gasteiger partial charge in [-0.3, -0.25) is 18.7 Å². The van der Waals surface area contributed by atoms with Gasteiger partial charge < -0.3 is 4.57 Å². The van der Waals surface area contributed by atoms with Crippen molar-refractivity contribution in [1.29, 1.82) is 0 Å². The van der Waals surface area contributed by atoms with Crippen LogP contribution in [0, 0.1) is 0 Å². The lowest BCUT2D eigenvalue weighted by molar-refractivity contribution is -0.116. The molecular weight excluding hydrogens is 304 g/mol. The Morgan fingerprint density at radius 3 is 2.55 bits per heavy atom. The van der Waals surface area contributed by atoms with E-state index >= 15 is 0 Å². The molecule has 0 spiro atoms. The van der Waals surface area contributed by atoms with Gasteiger partial charge in [-0.2, -0.15) is 0 Å². The Kier molecular flexibility index (Phi) is 4.41. The molecular formula is C14H18N4O3S. The van der Waals surface area contributed by atoms with Gasteiger partial charge in [-0.15, -0.1) is 6.58 Å². The molecule has 0 saturated carbocycles. The van der Waals surface area contributed by atoms with Gasteiger partial charge in [0.25, 0.3) is 5.56 Å². The van der Waals surface area contributed by atoms with E-state index in [9.17, 15) is 14.4 Å². The van der Waals surface area contributed by atoms with Crippen LogP contribution in [0.15, 0.2) is 27.4 Å². The van der Waals surface area contributed by atoms with Crippen LogP contribution in [0.1, 0.15) is 13.8 Å². The Bertz CT molecular complexity index is 875. The summed E-state index contributed by atoms with van der Waals surface area (Å²) >= 11 is 1.26. The molecule has 0 aliphatic heterocycles. The number of thioether (sulfide) groups is 1. The Balaban J connectivity index is 2.81. The van der Waals surface area contributed by atoms with Crippen molar-refractivity contribution in [2.75, 3.05) is 0 Å². The zero-order valence-corrected chi connectivity index (χ0v) is 13.8. The van der Waals surface area contributed by atoms with E-state index in [0.29, 0.717) is 22.9 Å². The summed E-state index contributed by atoms with van der Waals surface area (Å²) in [5.41, 5.74) is -0.192. The molecule has 0 saturated heterocycles. The molecule has 0 unspecified atom stereocenters. The average molecular weight is 322 g/mol. The van der Waals surface area contributed by atoms with Crippen molar-refractivity contribution in [2.24, 2.45) is 14.1 Å². The first-order valence-electron chi connectivity index (χ1n) is 6.73. The molecule has 7 nitrogen and oxygen atoms in total. The fourth-order valence-electron chi connectivity index (χ4n) is 2.06. The maximum absolute atomic E-state index is 12.4. The van der Waals surface area contributed by atoms with E-state index in [2.05, 4.69) is 11.6 Å². The number of aryl methyl sites for hydroxylation is 1. The second-order valence-electron chi connectivity index (χ2n) is 5.04. The molecule has 0 radical (unpaired) electrons. The summed E-state index contributed by atoms with van der Waals surface area (Å²) in [5.74, 6) is 0.0176. The van der Waals surface area contributed by atoms with E-state index in [1.165, 1.54) is 30.3 Å². The second-order valence-corrected chi connectivity index (χ2v) is 6.35. The van der Waals surface area contributed by atoms with E-state index in [0.717, 1.165) is 4.57 Å². The summed E-state index contributed by atoms with van der Waals surface area (Å²) in [6.45, 7) is 7.35. The van der Waals surface area contributed by atoms with Crippen LogP contribution in [-0.4, -0.2) is 29.7 Å². The van der Waals surface area contributed by atoms with E-state index in [1.54, 1.807) is 24.6 Å². The van der Waals surface area contributed by atoms with Crippen molar-refractivity contribution >= 4 is 28.7 Å². The first kappa shape index (κ1) is 16.3. The smallest absolute Gasteiger partial charge is 0.309 e. The van der Waals surface area contributed by atoms with E-state index in [-0.39, 0.29) is 11.0 Å². The third-order valence-electron chi connectivity index (χ3n) is 3.48. The number of nitrogens with zero attached hydrogens (tertiary/aromatic N) is 4. The topological polar surface area (TPSA) is 78.9 Å². The molecule has 118 valence electrons. The highest BCUT2D eigenvalue weighted by Crippen LogP contribution is 2.25. The average Bonchev–Trinajstić information content (AvgIpc) is 2.82. The van der Waals surface area contributed by atoms with Gasteiger partial charge in [0.1, 0.15) is 5.78 Å². The first-order chi connectivity index (χ1) is 10.3. The van der Waals surface area contributed by atoms with Gasteiger partial charge >= 0.3 is 5.69 Å². The Morgan fingerprint density at radius 1 is 1.36 bits per heavy atom. The molecule has 1 atom stereocenters. The number of imidazole rings is 1. The molecule has 2 aromatic rings. The Labute approximate surface area is 131 Å². The fourth-order valence-corrected chi connectivity index (χ4v) is 2.97. The molecule has 2 heterocycles. The molecule has 0 fully saturated rings. The normalized spacial score (nSPS) is 12.5. The lowest BCUT2D eigenvalue weighted by atomic mass is 10.3. The van der Waals surface area contributed by atoms with Crippen LogP contribution in [0.5, 0.6) is 0 Å². The van der Waals surface area contributed by atoms with E-state index in [4.69, 9.17) is 0 Å². The van der Waals surface area contributed by atoms with Crippen molar-refractivity contribution < 1.29 is 4.79 Å². The van der Waals surface area contributed by atoms with Gasteiger partial charge in [0.2, 0.25) is 0 Å². The summed E-state index contributed by atoms with van der Waals surface area (Å²) in [4.78, 5) is 40.3. The number of carbonyl (C=O) groups is 1. The third-order valence-corrected chi connectivity index (χ3v) is 4.69. The molecule has 8 heteroatoms. The number of allylic oxidation sites excluding steroid dienone is 1. The van der Waals surface area contributed by atoms with Crippen LogP contribution in [0.4, 0.5) is 0 Å². The lowest BCUT2D eigenvalue weighted by Gasteiger charge is -2.09. The molecule has 0 aromatic carbocycles. The van der Waals surface area contributed by atoms with E-state index < -0.39 is 11.2 Å². The largest absolute Gasteiger partial charge is 0.332 e. The van der Waals surface area contributed by atoms with Crippen LogP contribution in [0.3, 0.4) is 0 Å². The third kappa shape index (κ3) is 2.54. The number of hydrogen-bond donors (Lipinski definition) is 0. The summed E-state index contributed by atoms with van der Waals surface area (Å²) in [6, 6.07) is 0. The zero-order chi connectivity index (χ0) is 16.6. The minimum atomic E-state index is -0.433. The molecule has 0 aliphatic rings. The number of ketones is 1. The summed E-state index contributed by atoms with van der Waals surface area (Å²) in [7, 11) is 3.00. The molecule has 0 bridgehead atoms. The Hall–Kier alpha value is -2.09. The number of carbonyl (C=O) groups excluding carboxylic acids is 1. The minimum absolute atomic E-state index is 0.0176. The van der Waals surface area contributed by atoms with E-state index in [1.807, 2.05) is 0 Å². The van der Waals surface area contributed by atoms with Gasteiger partial charge in [-0.25, -0.2) is 9.78 Å². The van der Waals surface area contributed by atoms with Gasteiger partial charge in [0, 0.05) is 20.6 Å². The van der Waals surface area contributed by atoms with Crippen molar-refractivity contribution in [2.45, 2.75) is 30.8 Å². The van der Waals surface area contributed by atoms with Gasteiger partial charge in [-0.1, -0.05) is 17.8 Å². The van der Waals surface area contributed by atoms with Crippen LogP contribution in [0.2, 0.25) is 0 Å². The highest BCUT2D eigenvalue weighted by Gasteiger charge is 2.21. The monoisotopic (exact) mass is 322 g/mol. The number of aromatic nitrogens is 4. The highest BCUT2D eigenvalue weighted by atomic mass is 32.2. The predicted molar refractivity (Wildman–Crippen MR) is 86.4 cm³/mol. The van der Waals surface area contributed by atoms with Crippen molar-refractivity contribution in [1.82, 2.24) is 18.7 Å². The van der Waals surface area contributed by atoms with Crippen LogP contribution in [-0.2, 0) is 25.4 Å². The quantitative estimate of drug-likeness (QED) is 0.598. The highest BCUT2D eigenvalue weighted by molar-refractivity contribution is 8.00. The standard InChI is InChI=1S/C14H18N4O3S/c1-6-7-18-10-11(15-13(18)22-9(3)8(2)19)16(4)14(21)17(5)12(10)20/h6,9H,1,7H2,2-5H3/t9-/m0/s1.